The maximum absolute atomic E-state index is 12.5. The normalized spacial score (nSPS) is 42.8. The molecule has 23 heavy (non-hydrogen) atoms. The molecule has 0 aromatic carbocycles. The lowest BCUT2D eigenvalue weighted by molar-refractivity contribution is -0.169. The highest BCUT2D eigenvalue weighted by Gasteiger charge is 2.57. The van der Waals surface area contributed by atoms with Crippen molar-refractivity contribution < 1.29 is 9.90 Å². The van der Waals surface area contributed by atoms with Crippen molar-refractivity contribution in [2.24, 2.45) is 17.3 Å². The van der Waals surface area contributed by atoms with Gasteiger partial charge in [-0.2, -0.15) is 0 Å². The lowest BCUT2D eigenvalue weighted by atomic mass is 9.47. The van der Waals surface area contributed by atoms with Gasteiger partial charge in [0.25, 0.3) is 0 Å². The number of hydrogen-bond acceptors (Lipinski definition) is 3. The number of hydrogen-bond donors (Lipinski definition) is 2. The molecule has 130 valence electrons. The highest BCUT2D eigenvalue weighted by molar-refractivity contribution is 5.76. The maximum atomic E-state index is 12.5. The van der Waals surface area contributed by atoms with Gasteiger partial charge in [0, 0.05) is 19.5 Å². The third kappa shape index (κ3) is 3.43. The second-order valence-corrected chi connectivity index (χ2v) is 9.11. The molecule has 1 heterocycles. The van der Waals surface area contributed by atoms with E-state index in [-0.39, 0.29) is 11.3 Å². The van der Waals surface area contributed by atoms with Gasteiger partial charge in [0.15, 0.2) is 0 Å². The van der Waals surface area contributed by atoms with Crippen molar-refractivity contribution in [3.63, 3.8) is 0 Å². The van der Waals surface area contributed by atoms with Gasteiger partial charge in [-0.25, -0.2) is 0 Å². The standard InChI is InChI=1S/C19H32N2O2/c22-17(20-4-7-21-5-2-1-3-6-21)13-18-9-15-8-16(10-18)12-19(23,11-15)14-18/h15-16,23H,1-14H2,(H,20,22)/t15-,16-,18?,19?/m1/s1. The van der Waals surface area contributed by atoms with Crippen LogP contribution in [0.25, 0.3) is 0 Å². The van der Waals surface area contributed by atoms with Gasteiger partial charge in [-0.15, -0.1) is 0 Å². The maximum Gasteiger partial charge on any atom is 0.220 e. The van der Waals surface area contributed by atoms with Crippen LogP contribution in [0, 0.1) is 17.3 Å². The van der Waals surface area contributed by atoms with Crippen molar-refractivity contribution in [3.05, 3.63) is 0 Å². The first-order chi connectivity index (χ1) is 11.0. The summed E-state index contributed by atoms with van der Waals surface area (Å²) in [5.74, 6) is 1.55. The SMILES string of the molecule is O=C(CC12C[C@H]3C[C@@H](CC(O)(C3)C1)C2)NCCN1CCCCC1. The van der Waals surface area contributed by atoms with Crippen LogP contribution in [0.5, 0.6) is 0 Å². The summed E-state index contributed by atoms with van der Waals surface area (Å²) < 4.78 is 0. The van der Waals surface area contributed by atoms with E-state index >= 15 is 0 Å². The van der Waals surface area contributed by atoms with Crippen LogP contribution in [-0.4, -0.2) is 47.7 Å². The van der Waals surface area contributed by atoms with E-state index in [1.807, 2.05) is 0 Å². The Balaban J connectivity index is 1.27. The molecule has 4 nitrogen and oxygen atoms in total. The Labute approximate surface area is 140 Å². The van der Waals surface area contributed by atoms with Gasteiger partial charge >= 0.3 is 0 Å². The first-order valence-electron chi connectivity index (χ1n) is 9.76. The summed E-state index contributed by atoms with van der Waals surface area (Å²) in [4.78, 5) is 14.9. The van der Waals surface area contributed by atoms with Crippen molar-refractivity contribution in [1.82, 2.24) is 10.2 Å². The van der Waals surface area contributed by atoms with Crippen LogP contribution in [0.2, 0.25) is 0 Å². The molecule has 4 aliphatic carbocycles. The second-order valence-electron chi connectivity index (χ2n) is 9.11. The van der Waals surface area contributed by atoms with Gasteiger partial charge in [0.1, 0.15) is 0 Å². The van der Waals surface area contributed by atoms with Crippen LogP contribution in [0.4, 0.5) is 0 Å². The molecule has 0 aromatic rings. The topological polar surface area (TPSA) is 52.6 Å². The molecular weight excluding hydrogens is 288 g/mol. The summed E-state index contributed by atoms with van der Waals surface area (Å²) in [6.45, 7) is 4.16. The number of carbonyl (C=O) groups excluding carboxylic acids is 1. The van der Waals surface area contributed by atoms with E-state index in [1.54, 1.807) is 0 Å². The van der Waals surface area contributed by atoms with Crippen molar-refractivity contribution >= 4 is 5.91 Å². The van der Waals surface area contributed by atoms with E-state index in [0.29, 0.717) is 18.3 Å². The minimum Gasteiger partial charge on any atom is -0.390 e. The molecule has 4 bridgehead atoms. The zero-order valence-corrected chi connectivity index (χ0v) is 14.4. The number of amides is 1. The van der Waals surface area contributed by atoms with Gasteiger partial charge in [0.05, 0.1) is 5.60 Å². The first-order valence-corrected chi connectivity index (χ1v) is 9.76. The summed E-state index contributed by atoms with van der Waals surface area (Å²) in [7, 11) is 0. The second kappa shape index (κ2) is 6.03. The minimum atomic E-state index is -0.446. The molecule has 2 atom stereocenters. The fourth-order valence-corrected chi connectivity index (χ4v) is 6.55. The van der Waals surface area contributed by atoms with Crippen LogP contribution in [0.1, 0.15) is 64.2 Å². The molecule has 5 fully saturated rings. The van der Waals surface area contributed by atoms with E-state index in [4.69, 9.17) is 0 Å². The third-order valence-corrected chi connectivity index (χ3v) is 6.89. The quantitative estimate of drug-likeness (QED) is 0.817. The number of likely N-dealkylation sites (tertiary alicyclic amines) is 1. The van der Waals surface area contributed by atoms with Crippen molar-refractivity contribution in [2.75, 3.05) is 26.2 Å². The molecule has 0 aromatic heterocycles. The van der Waals surface area contributed by atoms with Gasteiger partial charge in [-0.3, -0.25) is 4.79 Å². The van der Waals surface area contributed by atoms with Gasteiger partial charge in [-0.05, 0) is 81.7 Å². The summed E-state index contributed by atoms with van der Waals surface area (Å²) in [6.07, 6.45) is 11.1. The van der Waals surface area contributed by atoms with Gasteiger partial charge in [0.2, 0.25) is 5.91 Å². The predicted octanol–water partition coefficient (Wildman–Crippen LogP) is 2.31. The number of nitrogens with zero attached hydrogens (tertiary/aromatic N) is 1. The fourth-order valence-electron chi connectivity index (χ4n) is 6.55. The third-order valence-electron chi connectivity index (χ3n) is 6.89. The molecule has 1 aliphatic heterocycles. The summed E-state index contributed by atoms with van der Waals surface area (Å²) in [5.41, 5.74) is -0.341. The van der Waals surface area contributed by atoms with Crippen molar-refractivity contribution in [3.8, 4) is 0 Å². The van der Waals surface area contributed by atoms with Crippen LogP contribution in [0.15, 0.2) is 0 Å². The Hall–Kier alpha value is -0.610. The molecule has 5 rings (SSSR count). The smallest absolute Gasteiger partial charge is 0.220 e. The van der Waals surface area contributed by atoms with E-state index in [0.717, 1.165) is 32.4 Å². The monoisotopic (exact) mass is 320 g/mol. The first kappa shape index (κ1) is 15.9. The number of aliphatic hydroxyl groups is 1. The zero-order chi connectivity index (χ0) is 15.9. The highest BCUT2D eigenvalue weighted by Crippen LogP contribution is 2.62. The van der Waals surface area contributed by atoms with Crippen LogP contribution >= 0.6 is 0 Å². The summed E-state index contributed by atoms with van der Waals surface area (Å²) in [5, 5.41) is 13.9. The molecule has 0 radical (unpaired) electrons. The molecular formula is C19H32N2O2. The Morgan fingerprint density at radius 3 is 2.43 bits per heavy atom. The minimum absolute atomic E-state index is 0.105. The molecule has 4 saturated carbocycles. The Morgan fingerprint density at radius 2 is 1.78 bits per heavy atom. The molecule has 1 amide bonds. The lowest BCUT2D eigenvalue weighted by Crippen LogP contribution is -2.56. The molecule has 1 saturated heterocycles. The summed E-state index contributed by atoms with van der Waals surface area (Å²) >= 11 is 0. The van der Waals surface area contributed by atoms with E-state index in [2.05, 4.69) is 10.2 Å². The van der Waals surface area contributed by atoms with Crippen LogP contribution in [0.3, 0.4) is 0 Å². The predicted molar refractivity (Wildman–Crippen MR) is 90.0 cm³/mol. The number of nitrogens with one attached hydrogen (secondary N) is 1. The average Bonchev–Trinajstić information content (AvgIpc) is 2.45. The van der Waals surface area contributed by atoms with Crippen molar-refractivity contribution in [2.45, 2.75) is 69.8 Å². The van der Waals surface area contributed by atoms with Gasteiger partial charge < -0.3 is 15.3 Å². The summed E-state index contributed by atoms with van der Waals surface area (Å²) in [6, 6.07) is 0. The Bertz CT molecular complexity index is 444. The van der Waals surface area contributed by atoms with Crippen LogP contribution in [-0.2, 0) is 4.79 Å². The van der Waals surface area contributed by atoms with E-state index < -0.39 is 5.60 Å². The molecule has 4 heteroatoms. The van der Waals surface area contributed by atoms with E-state index in [9.17, 15) is 9.90 Å². The number of rotatable bonds is 5. The lowest BCUT2D eigenvalue weighted by Gasteiger charge is -2.60. The number of piperidine rings is 1. The fraction of sp³-hybridized carbons (Fsp3) is 0.947. The average molecular weight is 320 g/mol. The highest BCUT2D eigenvalue weighted by atomic mass is 16.3. The molecule has 0 spiro atoms. The van der Waals surface area contributed by atoms with Gasteiger partial charge in [-0.1, -0.05) is 6.42 Å². The van der Waals surface area contributed by atoms with Crippen molar-refractivity contribution in [1.29, 1.82) is 0 Å². The Morgan fingerprint density at radius 1 is 1.09 bits per heavy atom. The van der Waals surface area contributed by atoms with Crippen LogP contribution < -0.4 is 5.32 Å². The largest absolute Gasteiger partial charge is 0.390 e. The Kier molecular flexibility index (Phi) is 4.17. The molecule has 0 unspecified atom stereocenters. The zero-order valence-electron chi connectivity index (χ0n) is 14.4. The molecule has 2 N–H and O–H groups in total. The molecule has 5 aliphatic rings. The number of carbonyl (C=O) groups is 1. The van der Waals surface area contributed by atoms with E-state index in [1.165, 1.54) is 51.6 Å².